The SMILES string of the molecule is CC(C)NCCNS(=O)(=O)c1c(Cl)cnn1C. The van der Waals surface area contributed by atoms with E-state index in [0.717, 1.165) is 0 Å². The van der Waals surface area contributed by atoms with Gasteiger partial charge in [0, 0.05) is 26.2 Å². The highest BCUT2D eigenvalue weighted by Crippen LogP contribution is 2.18. The first-order valence-corrected chi connectivity index (χ1v) is 7.11. The van der Waals surface area contributed by atoms with Crippen LogP contribution in [0.1, 0.15) is 13.8 Å². The topological polar surface area (TPSA) is 76.0 Å². The summed E-state index contributed by atoms with van der Waals surface area (Å²) >= 11 is 5.77. The standard InChI is InChI=1S/C9H17ClN4O2S/c1-7(2)11-4-5-13-17(15,16)9-8(10)6-12-14(9)3/h6-7,11,13H,4-5H2,1-3H3. The Hall–Kier alpha value is -0.630. The van der Waals surface area contributed by atoms with E-state index in [4.69, 9.17) is 11.6 Å². The largest absolute Gasteiger partial charge is 0.313 e. The van der Waals surface area contributed by atoms with E-state index in [1.54, 1.807) is 0 Å². The fraction of sp³-hybridized carbons (Fsp3) is 0.667. The lowest BCUT2D eigenvalue weighted by Gasteiger charge is -2.10. The number of hydrogen-bond donors (Lipinski definition) is 2. The molecule has 1 heterocycles. The van der Waals surface area contributed by atoms with Crippen LogP contribution in [0.15, 0.2) is 11.2 Å². The van der Waals surface area contributed by atoms with Gasteiger partial charge in [0.15, 0.2) is 5.03 Å². The highest BCUT2D eigenvalue weighted by Gasteiger charge is 2.21. The van der Waals surface area contributed by atoms with Crippen LogP contribution in [-0.4, -0.2) is 37.3 Å². The molecule has 1 aromatic heterocycles. The second-order valence-electron chi connectivity index (χ2n) is 3.93. The Labute approximate surface area is 106 Å². The van der Waals surface area contributed by atoms with Crippen molar-refractivity contribution in [3.05, 3.63) is 11.2 Å². The van der Waals surface area contributed by atoms with Gasteiger partial charge in [-0.1, -0.05) is 25.4 Å². The number of hydrogen-bond acceptors (Lipinski definition) is 4. The molecule has 1 aromatic rings. The molecule has 0 aliphatic carbocycles. The zero-order valence-corrected chi connectivity index (χ0v) is 11.6. The zero-order valence-electron chi connectivity index (χ0n) is 10.1. The van der Waals surface area contributed by atoms with Crippen LogP contribution in [0.5, 0.6) is 0 Å². The molecule has 0 unspecified atom stereocenters. The third kappa shape index (κ3) is 3.95. The van der Waals surface area contributed by atoms with Crippen LogP contribution in [0.4, 0.5) is 0 Å². The lowest BCUT2D eigenvalue weighted by molar-refractivity contribution is 0.548. The van der Waals surface area contributed by atoms with E-state index in [-0.39, 0.29) is 10.0 Å². The van der Waals surface area contributed by atoms with Crippen LogP contribution >= 0.6 is 11.6 Å². The van der Waals surface area contributed by atoms with Gasteiger partial charge in [-0.3, -0.25) is 4.68 Å². The van der Waals surface area contributed by atoms with Crippen LogP contribution in [0.3, 0.4) is 0 Å². The summed E-state index contributed by atoms with van der Waals surface area (Å²) in [5.41, 5.74) is 0. The quantitative estimate of drug-likeness (QED) is 0.738. The molecule has 0 bridgehead atoms. The minimum atomic E-state index is -3.60. The molecule has 0 fully saturated rings. The molecule has 2 N–H and O–H groups in total. The second-order valence-corrected chi connectivity index (χ2v) is 6.02. The van der Waals surface area contributed by atoms with Crippen molar-refractivity contribution in [3.63, 3.8) is 0 Å². The van der Waals surface area contributed by atoms with Gasteiger partial charge in [0.2, 0.25) is 0 Å². The van der Waals surface area contributed by atoms with Crippen molar-refractivity contribution in [3.8, 4) is 0 Å². The van der Waals surface area contributed by atoms with Gasteiger partial charge in [-0.15, -0.1) is 0 Å². The number of nitrogens with zero attached hydrogens (tertiary/aromatic N) is 2. The summed E-state index contributed by atoms with van der Waals surface area (Å²) < 4.78 is 27.5. The van der Waals surface area contributed by atoms with E-state index in [2.05, 4.69) is 15.1 Å². The minimum Gasteiger partial charge on any atom is -0.313 e. The molecule has 0 atom stereocenters. The second kappa shape index (κ2) is 5.81. The molecule has 98 valence electrons. The number of aromatic nitrogens is 2. The zero-order chi connectivity index (χ0) is 13.1. The summed E-state index contributed by atoms with van der Waals surface area (Å²) in [7, 11) is -2.06. The molecule has 1 rings (SSSR count). The van der Waals surface area contributed by atoms with Gasteiger partial charge in [0.05, 0.1) is 11.2 Å². The summed E-state index contributed by atoms with van der Waals surface area (Å²) in [4.78, 5) is 0. The molecule has 0 saturated carbocycles. The van der Waals surface area contributed by atoms with Crippen LogP contribution in [0.25, 0.3) is 0 Å². The Balaban J connectivity index is 2.64. The van der Waals surface area contributed by atoms with Gasteiger partial charge in [-0.25, -0.2) is 13.1 Å². The molecule has 0 amide bonds. The first kappa shape index (κ1) is 14.4. The van der Waals surface area contributed by atoms with E-state index >= 15 is 0 Å². The number of halogens is 1. The van der Waals surface area contributed by atoms with Crippen molar-refractivity contribution in [2.24, 2.45) is 7.05 Å². The average Bonchev–Trinajstić information content (AvgIpc) is 2.53. The van der Waals surface area contributed by atoms with Crippen LogP contribution in [0.2, 0.25) is 5.02 Å². The Bertz CT molecular complexity index is 450. The molecular formula is C9H17ClN4O2S. The highest BCUT2D eigenvalue weighted by molar-refractivity contribution is 7.89. The van der Waals surface area contributed by atoms with Gasteiger partial charge in [0.25, 0.3) is 10.0 Å². The van der Waals surface area contributed by atoms with Gasteiger partial charge in [-0.05, 0) is 0 Å². The van der Waals surface area contributed by atoms with E-state index in [9.17, 15) is 8.42 Å². The Morgan fingerprint density at radius 2 is 2.12 bits per heavy atom. The molecule has 6 nitrogen and oxygen atoms in total. The maximum absolute atomic E-state index is 11.9. The number of nitrogens with one attached hydrogen (secondary N) is 2. The van der Waals surface area contributed by atoms with Gasteiger partial charge < -0.3 is 5.32 Å². The molecule has 0 spiro atoms. The third-order valence-electron chi connectivity index (χ3n) is 2.07. The average molecular weight is 281 g/mol. The predicted octanol–water partition coefficient (Wildman–Crippen LogP) is 0.350. The van der Waals surface area contributed by atoms with Crippen molar-refractivity contribution < 1.29 is 8.42 Å². The van der Waals surface area contributed by atoms with E-state index in [0.29, 0.717) is 19.1 Å². The maximum atomic E-state index is 11.9. The molecule has 0 aliphatic heterocycles. The maximum Gasteiger partial charge on any atom is 0.259 e. The molecule has 0 radical (unpaired) electrons. The van der Waals surface area contributed by atoms with Crippen molar-refractivity contribution in [2.75, 3.05) is 13.1 Å². The Morgan fingerprint density at radius 3 is 2.59 bits per heavy atom. The fourth-order valence-electron chi connectivity index (χ4n) is 1.32. The predicted molar refractivity (Wildman–Crippen MR) is 66.5 cm³/mol. The van der Waals surface area contributed by atoms with Crippen molar-refractivity contribution in [2.45, 2.75) is 24.9 Å². The molecular weight excluding hydrogens is 264 g/mol. The summed E-state index contributed by atoms with van der Waals surface area (Å²) in [5.74, 6) is 0. The summed E-state index contributed by atoms with van der Waals surface area (Å²) in [6.45, 7) is 4.85. The highest BCUT2D eigenvalue weighted by atomic mass is 35.5. The van der Waals surface area contributed by atoms with Crippen molar-refractivity contribution in [1.29, 1.82) is 0 Å². The van der Waals surface area contributed by atoms with Gasteiger partial charge in [0.1, 0.15) is 0 Å². The first-order valence-electron chi connectivity index (χ1n) is 5.25. The van der Waals surface area contributed by atoms with E-state index < -0.39 is 10.0 Å². The van der Waals surface area contributed by atoms with Crippen LogP contribution in [-0.2, 0) is 17.1 Å². The Morgan fingerprint density at radius 1 is 1.47 bits per heavy atom. The summed E-state index contributed by atoms with van der Waals surface area (Å²) in [5, 5.41) is 7.01. The van der Waals surface area contributed by atoms with E-state index in [1.165, 1.54) is 17.9 Å². The monoisotopic (exact) mass is 280 g/mol. The molecule has 8 heteroatoms. The smallest absolute Gasteiger partial charge is 0.259 e. The summed E-state index contributed by atoms with van der Waals surface area (Å²) in [6.07, 6.45) is 1.31. The normalized spacial score (nSPS) is 12.3. The van der Waals surface area contributed by atoms with Gasteiger partial charge in [-0.2, -0.15) is 5.10 Å². The Kier molecular flexibility index (Phi) is 4.93. The minimum absolute atomic E-state index is 0.0105. The summed E-state index contributed by atoms with van der Waals surface area (Å²) in [6, 6.07) is 0.319. The van der Waals surface area contributed by atoms with Crippen LogP contribution < -0.4 is 10.0 Å². The molecule has 17 heavy (non-hydrogen) atoms. The first-order chi connectivity index (χ1) is 7.84. The molecule has 0 aromatic carbocycles. The molecule has 0 aliphatic rings. The lowest BCUT2D eigenvalue weighted by atomic mass is 10.4. The number of sulfonamides is 1. The van der Waals surface area contributed by atoms with Crippen LogP contribution in [0, 0.1) is 0 Å². The van der Waals surface area contributed by atoms with E-state index in [1.807, 2.05) is 13.8 Å². The lowest BCUT2D eigenvalue weighted by Crippen LogP contribution is -2.35. The number of rotatable bonds is 6. The van der Waals surface area contributed by atoms with Crippen molar-refractivity contribution >= 4 is 21.6 Å². The third-order valence-corrected chi connectivity index (χ3v) is 4.03. The fourth-order valence-corrected chi connectivity index (χ4v) is 3.00. The molecule has 0 saturated heterocycles. The number of aryl methyl sites for hydroxylation is 1. The van der Waals surface area contributed by atoms with Crippen molar-refractivity contribution in [1.82, 2.24) is 19.8 Å². The van der Waals surface area contributed by atoms with Gasteiger partial charge >= 0.3 is 0 Å².